The fourth-order valence-electron chi connectivity index (χ4n) is 2.72. The molecule has 0 bridgehead atoms. The van der Waals surface area contributed by atoms with Gasteiger partial charge in [0.05, 0.1) is 0 Å². The summed E-state index contributed by atoms with van der Waals surface area (Å²) in [5, 5.41) is 3.51. The molecule has 1 aliphatic rings. The highest BCUT2D eigenvalue weighted by Crippen LogP contribution is 2.25. The zero-order valence-corrected chi connectivity index (χ0v) is 11.7. The van der Waals surface area contributed by atoms with E-state index in [0.717, 1.165) is 19.4 Å². The number of primary amides is 1. The Bertz CT molecular complexity index is 442. The topological polar surface area (TPSA) is 55.1 Å². The van der Waals surface area contributed by atoms with Crippen molar-refractivity contribution in [1.29, 1.82) is 0 Å². The largest absolute Gasteiger partial charge is 0.370 e. The second kappa shape index (κ2) is 6.71. The number of fused-ring (bicyclic) bond motifs is 1. The van der Waals surface area contributed by atoms with Crippen LogP contribution in [0.5, 0.6) is 0 Å². The predicted molar refractivity (Wildman–Crippen MR) is 77.9 cm³/mol. The third-order valence-corrected chi connectivity index (χ3v) is 3.92. The van der Waals surface area contributed by atoms with Crippen molar-refractivity contribution in [3.05, 3.63) is 34.9 Å². The lowest BCUT2D eigenvalue weighted by Gasteiger charge is -2.15. The number of carbonyl (C=O) groups excluding carboxylic acids is 1. The molecule has 0 spiro atoms. The SMILES string of the molecule is CC(NCCCCC(N)=O)c1ccc2c(c1)CCC2. The Balaban J connectivity index is 1.77. The molecule has 104 valence electrons. The summed E-state index contributed by atoms with van der Waals surface area (Å²) >= 11 is 0. The van der Waals surface area contributed by atoms with E-state index < -0.39 is 0 Å². The maximum atomic E-state index is 10.6. The molecule has 0 heterocycles. The van der Waals surface area contributed by atoms with Gasteiger partial charge in [-0.05, 0) is 62.3 Å². The lowest BCUT2D eigenvalue weighted by molar-refractivity contribution is -0.118. The van der Waals surface area contributed by atoms with E-state index in [1.165, 1.54) is 36.0 Å². The molecule has 1 amide bonds. The highest BCUT2D eigenvalue weighted by atomic mass is 16.1. The van der Waals surface area contributed by atoms with E-state index in [1.807, 2.05) is 0 Å². The van der Waals surface area contributed by atoms with Crippen LogP contribution in [-0.4, -0.2) is 12.5 Å². The molecular weight excluding hydrogens is 236 g/mol. The summed E-state index contributed by atoms with van der Waals surface area (Å²) in [4.78, 5) is 10.6. The number of carbonyl (C=O) groups is 1. The average Bonchev–Trinajstić information content (AvgIpc) is 2.84. The first-order valence-corrected chi connectivity index (χ1v) is 7.30. The Kier molecular flexibility index (Phi) is 4.97. The molecule has 1 aromatic rings. The molecule has 0 radical (unpaired) electrons. The van der Waals surface area contributed by atoms with Gasteiger partial charge in [-0.15, -0.1) is 0 Å². The van der Waals surface area contributed by atoms with Crippen LogP contribution in [0.1, 0.15) is 55.3 Å². The van der Waals surface area contributed by atoms with Gasteiger partial charge in [0.2, 0.25) is 5.91 Å². The van der Waals surface area contributed by atoms with Crippen LogP contribution in [0.3, 0.4) is 0 Å². The second-order valence-electron chi connectivity index (χ2n) is 5.48. The van der Waals surface area contributed by atoms with E-state index in [1.54, 1.807) is 0 Å². The van der Waals surface area contributed by atoms with Gasteiger partial charge in [-0.25, -0.2) is 0 Å². The van der Waals surface area contributed by atoms with Gasteiger partial charge < -0.3 is 11.1 Å². The van der Waals surface area contributed by atoms with Crippen molar-refractivity contribution in [2.75, 3.05) is 6.54 Å². The van der Waals surface area contributed by atoms with Crippen molar-refractivity contribution in [2.45, 2.75) is 51.5 Å². The third-order valence-electron chi connectivity index (χ3n) is 3.92. The van der Waals surface area contributed by atoms with E-state index in [0.29, 0.717) is 12.5 Å². The summed E-state index contributed by atoms with van der Waals surface area (Å²) in [5.74, 6) is -0.202. The third kappa shape index (κ3) is 4.06. The van der Waals surface area contributed by atoms with Crippen LogP contribution in [0, 0.1) is 0 Å². The quantitative estimate of drug-likeness (QED) is 0.740. The first-order valence-electron chi connectivity index (χ1n) is 7.30. The van der Waals surface area contributed by atoms with Crippen molar-refractivity contribution >= 4 is 5.91 Å². The van der Waals surface area contributed by atoms with Crippen LogP contribution in [0.25, 0.3) is 0 Å². The van der Waals surface area contributed by atoms with E-state index in [2.05, 4.69) is 30.4 Å². The van der Waals surface area contributed by atoms with Crippen LogP contribution in [-0.2, 0) is 17.6 Å². The van der Waals surface area contributed by atoms with Gasteiger partial charge >= 0.3 is 0 Å². The number of amides is 1. The Morgan fingerprint density at radius 1 is 1.32 bits per heavy atom. The molecule has 2 rings (SSSR count). The number of rotatable bonds is 7. The van der Waals surface area contributed by atoms with Crippen LogP contribution in [0.4, 0.5) is 0 Å². The maximum Gasteiger partial charge on any atom is 0.217 e. The number of hydrogen-bond acceptors (Lipinski definition) is 2. The lowest BCUT2D eigenvalue weighted by atomic mass is 10.0. The summed E-state index contributed by atoms with van der Waals surface area (Å²) in [5.41, 5.74) is 9.54. The molecular formula is C16H24N2O. The molecule has 0 aromatic heterocycles. The van der Waals surface area contributed by atoms with Crippen LogP contribution < -0.4 is 11.1 Å². The minimum Gasteiger partial charge on any atom is -0.370 e. The molecule has 0 aliphatic heterocycles. The number of aryl methyl sites for hydroxylation is 2. The Labute approximate surface area is 115 Å². The summed E-state index contributed by atoms with van der Waals surface area (Å²) in [6, 6.07) is 7.25. The van der Waals surface area contributed by atoms with E-state index in [4.69, 9.17) is 5.73 Å². The maximum absolute atomic E-state index is 10.6. The fraction of sp³-hybridized carbons (Fsp3) is 0.562. The summed E-state index contributed by atoms with van der Waals surface area (Å²) in [6.07, 6.45) is 6.14. The lowest BCUT2D eigenvalue weighted by Crippen LogP contribution is -2.20. The number of benzene rings is 1. The van der Waals surface area contributed by atoms with Crippen molar-refractivity contribution in [3.63, 3.8) is 0 Å². The van der Waals surface area contributed by atoms with Gasteiger partial charge in [-0.1, -0.05) is 18.2 Å². The average molecular weight is 260 g/mol. The summed E-state index contributed by atoms with van der Waals surface area (Å²) < 4.78 is 0. The highest BCUT2D eigenvalue weighted by Gasteiger charge is 2.13. The monoisotopic (exact) mass is 260 g/mol. The normalized spacial score (nSPS) is 15.2. The first kappa shape index (κ1) is 14.1. The number of hydrogen-bond donors (Lipinski definition) is 2. The minimum atomic E-state index is -0.202. The van der Waals surface area contributed by atoms with Gasteiger partial charge in [0, 0.05) is 12.5 Å². The molecule has 0 saturated heterocycles. The molecule has 3 nitrogen and oxygen atoms in total. The van der Waals surface area contributed by atoms with Crippen molar-refractivity contribution in [2.24, 2.45) is 5.73 Å². The first-order chi connectivity index (χ1) is 9.16. The van der Waals surface area contributed by atoms with Gasteiger partial charge in [0.1, 0.15) is 0 Å². The predicted octanol–water partition coefficient (Wildman–Crippen LogP) is 2.48. The Hall–Kier alpha value is -1.35. The van der Waals surface area contributed by atoms with Crippen LogP contribution in [0.15, 0.2) is 18.2 Å². The highest BCUT2D eigenvalue weighted by molar-refractivity contribution is 5.73. The molecule has 3 heteroatoms. The molecule has 0 saturated carbocycles. The summed E-state index contributed by atoms with van der Waals surface area (Å²) in [7, 11) is 0. The number of nitrogens with one attached hydrogen (secondary N) is 1. The van der Waals surface area contributed by atoms with Crippen molar-refractivity contribution < 1.29 is 4.79 Å². The molecule has 1 aliphatic carbocycles. The fourth-order valence-corrected chi connectivity index (χ4v) is 2.72. The Morgan fingerprint density at radius 2 is 2.11 bits per heavy atom. The number of nitrogens with two attached hydrogens (primary N) is 1. The van der Waals surface area contributed by atoms with E-state index in [-0.39, 0.29) is 5.91 Å². The van der Waals surface area contributed by atoms with Crippen LogP contribution >= 0.6 is 0 Å². The Morgan fingerprint density at radius 3 is 2.89 bits per heavy atom. The molecule has 1 unspecified atom stereocenters. The van der Waals surface area contributed by atoms with E-state index in [9.17, 15) is 4.79 Å². The molecule has 3 N–H and O–H groups in total. The summed E-state index contributed by atoms with van der Waals surface area (Å²) in [6.45, 7) is 3.14. The van der Waals surface area contributed by atoms with Crippen molar-refractivity contribution in [3.8, 4) is 0 Å². The molecule has 19 heavy (non-hydrogen) atoms. The smallest absolute Gasteiger partial charge is 0.217 e. The van der Waals surface area contributed by atoms with E-state index >= 15 is 0 Å². The second-order valence-corrected chi connectivity index (χ2v) is 5.48. The molecule has 1 aromatic carbocycles. The zero-order valence-electron chi connectivity index (χ0n) is 11.7. The van der Waals surface area contributed by atoms with Crippen molar-refractivity contribution in [1.82, 2.24) is 5.32 Å². The minimum absolute atomic E-state index is 0.202. The van der Waals surface area contributed by atoms with Crippen LogP contribution in [0.2, 0.25) is 0 Å². The van der Waals surface area contributed by atoms with Gasteiger partial charge in [0.25, 0.3) is 0 Å². The zero-order chi connectivity index (χ0) is 13.7. The van der Waals surface area contributed by atoms with Gasteiger partial charge in [-0.2, -0.15) is 0 Å². The standard InChI is InChI=1S/C16H24N2O/c1-12(18-10-3-2-7-16(17)19)14-9-8-13-5-4-6-15(13)11-14/h8-9,11-12,18H,2-7,10H2,1H3,(H2,17,19). The van der Waals surface area contributed by atoms with Gasteiger partial charge in [0.15, 0.2) is 0 Å². The van der Waals surface area contributed by atoms with Gasteiger partial charge in [-0.3, -0.25) is 4.79 Å². The number of unbranched alkanes of at least 4 members (excludes halogenated alkanes) is 1. The molecule has 1 atom stereocenters. The molecule has 0 fully saturated rings.